The van der Waals surface area contributed by atoms with Crippen LogP contribution in [0.4, 0.5) is 5.69 Å². The zero-order valence-electron chi connectivity index (χ0n) is 17.8. The highest BCUT2D eigenvalue weighted by Gasteiger charge is 2.32. The van der Waals surface area contributed by atoms with E-state index in [1.54, 1.807) is 0 Å². The number of fused-ring (bicyclic) bond motifs is 1. The first-order valence-electron chi connectivity index (χ1n) is 10.9. The van der Waals surface area contributed by atoms with Crippen LogP contribution in [0.25, 0.3) is 11.4 Å². The topological polar surface area (TPSA) is 65.7 Å². The van der Waals surface area contributed by atoms with E-state index in [0.717, 1.165) is 43.9 Å². The van der Waals surface area contributed by atoms with E-state index >= 15 is 0 Å². The molecule has 31 heavy (non-hydrogen) atoms. The van der Waals surface area contributed by atoms with Crippen LogP contribution in [0.1, 0.15) is 18.4 Å². The lowest BCUT2D eigenvalue weighted by Gasteiger charge is -2.34. The maximum absolute atomic E-state index is 13.0. The van der Waals surface area contributed by atoms with Crippen LogP contribution in [0.5, 0.6) is 0 Å². The molecule has 1 aromatic heterocycles. The fraction of sp³-hybridized carbons (Fsp3) is 0.375. The Morgan fingerprint density at radius 1 is 1.00 bits per heavy atom. The molecule has 2 aromatic carbocycles. The molecule has 1 fully saturated rings. The van der Waals surface area contributed by atoms with Gasteiger partial charge in [0.25, 0.3) is 0 Å². The molecule has 0 bridgehead atoms. The van der Waals surface area contributed by atoms with Crippen LogP contribution in [0.3, 0.4) is 0 Å². The molecule has 7 nitrogen and oxygen atoms in total. The molecular formula is C24H27N5O2. The summed E-state index contributed by atoms with van der Waals surface area (Å²) >= 11 is 0. The first-order chi connectivity index (χ1) is 15.2. The molecule has 1 atom stereocenters. The smallest absolute Gasteiger partial charge is 0.241 e. The maximum atomic E-state index is 13.0. The van der Waals surface area contributed by atoms with E-state index in [1.807, 2.05) is 47.4 Å². The average molecular weight is 418 g/mol. The Morgan fingerprint density at radius 2 is 1.71 bits per heavy atom. The molecule has 7 heteroatoms. The quantitative estimate of drug-likeness (QED) is 0.636. The van der Waals surface area contributed by atoms with Gasteiger partial charge in [-0.2, -0.15) is 4.98 Å². The van der Waals surface area contributed by atoms with E-state index in [9.17, 15) is 4.79 Å². The third kappa shape index (κ3) is 4.24. The van der Waals surface area contributed by atoms with Gasteiger partial charge in [0, 0.05) is 43.5 Å². The number of carbonyl (C=O) groups is 1. The second kappa shape index (κ2) is 8.61. The number of amides is 1. The molecule has 0 N–H and O–H groups in total. The SMILES string of the molecule is CC1Cc2ccccc2N1C(=O)CN1CCN(Cc2nc(-c3ccccc3)no2)CC1. The van der Waals surface area contributed by atoms with Crippen LogP contribution in [-0.4, -0.2) is 64.6 Å². The van der Waals surface area contributed by atoms with Crippen molar-refractivity contribution in [2.75, 3.05) is 37.6 Å². The number of carbonyl (C=O) groups excluding carboxylic acids is 1. The van der Waals surface area contributed by atoms with Gasteiger partial charge in [-0.15, -0.1) is 0 Å². The lowest BCUT2D eigenvalue weighted by atomic mass is 10.1. The van der Waals surface area contributed by atoms with Crippen molar-refractivity contribution in [1.29, 1.82) is 0 Å². The van der Waals surface area contributed by atoms with Crippen molar-refractivity contribution in [3.8, 4) is 11.4 Å². The van der Waals surface area contributed by atoms with Crippen molar-refractivity contribution in [3.05, 3.63) is 66.1 Å². The lowest BCUT2D eigenvalue weighted by molar-refractivity contribution is -0.120. The second-order valence-electron chi connectivity index (χ2n) is 8.38. The normalized spacial score (nSPS) is 19.5. The molecule has 5 rings (SSSR count). The van der Waals surface area contributed by atoms with Gasteiger partial charge in [0.05, 0.1) is 13.1 Å². The van der Waals surface area contributed by atoms with Crippen molar-refractivity contribution in [1.82, 2.24) is 19.9 Å². The lowest BCUT2D eigenvalue weighted by Crippen LogP contribution is -2.50. The fourth-order valence-electron chi connectivity index (χ4n) is 4.53. The van der Waals surface area contributed by atoms with E-state index in [0.29, 0.717) is 24.8 Å². The van der Waals surface area contributed by atoms with Gasteiger partial charge < -0.3 is 9.42 Å². The summed E-state index contributed by atoms with van der Waals surface area (Å²) in [5.41, 5.74) is 3.30. The Bertz CT molecular complexity index is 1040. The fourth-order valence-corrected chi connectivity index (χ4v) is 4.53. The molecule has 1 amide bonds. The number of rotatable bonds is 5. The summed E-state index contributed by atoms with van der Waals surface area (Å²) < 4.78 is 5.45. The number of aromatic nitrogens is 2. The van der Waals surface area contributed by atoms with Crippen molar-refractivity contribution in [2.24, 2.45) is 0 Å². The van der Waals surface area contributed by atoms with Gasteiger partial charge in [0.15, 0.2) is 0 Å². The predicted octanol–water partition coefficient (Wildman–Crippen LogP) is 2.83. The standard InChI is InChI=1S/C24H27N5O2/c1-18-15-20-9-5-6-10-21(20)29(18)23(30)17-28-13-11-27(12-14-28)16-22-25-24(26-31-22)19-7-3-2-4-8-19/h2-10,18H,11-17H2,1H3. The second-order valence-corrected chi connectivity index (χ2v) is 8.38. The monoisotopic (exact) mass is 417 g/mol. The van der Waals surface area contributed by atoms with Gasteiger partial charge in [-0.25, -0.2) is 0 Å². The van der Waals surface area contributed by atoms with E-state index in [-0.39, 0.29) is 11.9 Å². The predicted molar refractivity (Wildman–Crippen MR) is 119 cm³/mol. The number of hydrogen-bond acceptors (Lipinski definition) is 6. The molecule has 2 aliphatic heterocycles. The highest BCUT2D eigenvalue weighted by atomic mass is 16.5. The zero-order valence-corrected chi connectivity index (χ0v) is 17.8. The summed E-state index contributed by atoms with van der Waals surface area (Å²) in [4.78, 5) is 24.1. The number of piperazine rings is 1. The van der Waals surface area contributed by atoms with Gasteiger partial charge in [-0.1, -0.05) is 53.7 Å². The van der Waals surface area contributed by atoms with Gasteiger partial charge >= 0.3 is 0 Å². The summed E-state index contributed by atoms with van der Waals surface area (Å²) in [5, 5.41) is 4.10. The third-order valence-electron chi connectivity index (χ3n) is 6.16. The van der Waals surface area contributed by atoms with Crippen LogP contribution < -0.4 is 4.90 Å². The Kier molecular flexibility index (Phi) is 5.53. The molecule has 0 aliphatic carbocycles. The molecule has 3 aromatic rings. The number of benzene rings is 2. The molecular weight excluding hydrogens is 390 g/mol. The maximum Gasteiger partial charge on any atom is 0.241 e. The molecule has 0 radical (unpaired) electrons. The van der Waals surface area contributed by atoms with E-state index < -0.39 is 0 Å². The number of hydrogen-bond donors (Lipinski definition) is 0. The van der Waals surface area contributed by atoms with Crippen molar-refractivity contribution < 1.29 is 9.32 Å². The highest BCUT2D eigenvalue weighted by molar-refractivity contribution is 5.97. The Balaban J connectivity index is 1.14. The summed E-state index contributed by atoms with van der Waals surface area (Å²) in [6, 6.07) is 18.3. The van der Waals surface area contributed by atoms with Crippen molar-refractivity contribution in [2.45, 2.75) is 25.9 Å². The first kappa shape index (κ1) is 19.9. The summed E-state index contributed by atoms with van der Waals surface area (Å²) in [7, 11) is 0. The molecule has 0 spiro atoms. The summed E-state index contributed by atoms with van der Waals surface area (Å²) in [6.07, 6.45) is 0.935. The number of nitrogens with zero attached hydrogens (tertiary/aromatic N) is 5. The Labute approximate surface area is 182 Å². The largest absolute Gasteiger partial charge is 0.338 e. The molecule has 0 saturated carbocycles. The number of para-hydroxylation sites is 1. The molecule has 3 heterocycles. The third-order valence-corrected chi connectivity index (χ3v) is 6.16. The minimum absolute atomic E-state index is 0.190. The van der Waals surface area contributed by atoms with Crippen molar-refractivity contribution in [3.63, 3.8) is 0 Å². The van der Waals surface area contributed by atoms with Crippen LogP contribution in [0.2, 0.25) is 0 Å². The minimum Gasteiger partial charge on any atom is -0.338 e. The molecule has 1 unspecified atom stereocenters. The van der Waals surface area contributed by atoms with Crippen LogP contribution in [-0.2, 0) is 17.8 Å². The summed E-state index contributed by atoms with van der Waals surface area (Å²) in [5.74, 6) is 1.45. The van der Waals surface area contributed by atoms with E-state index in [4.69, 9.17) is 4.52 Å². The van der Waals surface area contributed by atoms with Gasteiger partial charge in [0.2, 0.25) is 17.6 Å². The Morgan fingerprint density at radius 3 is 2.52 bits per heavy atom. The number of anilines is 1. The molecule has 160 valence electrons. The molecule has 1 saturated heterocycles. The highest BCUT2D eigenvalue weighted by Crippen LogP contribution is 2.31. The Hall–Kier alpha value is -3.03. The van der Waals surface area contributed by atoms with E-state index in [2.05, 4.69) is 39.0 Å². The first-order valence-corrected chi connectivity index (χ1v) is 10.9. The summed E-state index contributed by atoms with van der Waals surface area (Å²) in [6.45, 7) is 6.70. The zero-order chi connectivity index (χ0) is 21.2. The van der Waals surface area contributed by atoms with Crippen LogP contribution >= 0.6 is 0 Å². The van der Waals surface area contributed by atoms with Crippen LogP contribution in [0, 0.1) is 0 Å². The average Bonchev–Trinajstić information content (AvgIpc) is 3.39. The van der Waals surface area contributed by atoms with Crippen LogP contribution in [0.15, 0.2) is 59.1 Å². The van der Waals surface area contributed by atoms with Gasteiger partial charge in [-0.3, -0.25) is 14.6 Å². The van der Waals surface area contributed by atoms with Crippen molar-refractivity contribution >= 4 is 11.6 Å². The van der Waals surface area contributed by atoms with Gasteiger partial charge in [0.1, 0.15) is 0 Å². The van der Waals surface area contributed by atoms with Gasteiger partial charge in [-0.05, 0) is 25.0 Å². The molecule has 2 aliphatic rings. The van der Waals surface area contributed by atoms with E-state index in [1.165, 1.54) is 5.56 Å². The minimum atomic E-state index is 0.190.